The summed E-state index contributed by atoms with van der Waals surface area (Å²) in [5, 5.41) is 12.0. The highest BCUT2D eigenvalue weighted by Crippen LogP contribution is 2.19. The van der Waals surface area contributed by atoms with E-state index >= 15 is 0 Å². The zero-order chi connectivity index (χ0) is 16.7. The molecule has 0 amide bonds. The Kier molecular flexibility index (Phi) is 5.94. The number of hydrogen-bond acceptors (Lipinski definition) is 1. The first kappa shape index (κ1) is 17.2. The maximum atomic E-state index is 11.5. The second-order valence-electron chi connectivity index (χ2n) is 5.94. The van der Waals surface area contributed by atoms with Crippen LogP contribution < -0.4 is 10.4 Å². The molecule has 2 rings (SSSR count). The molecule has 0 saturated heterocycles. The van der Waals surface area contributed by atoms with Gasteiger partial charge in [-0.1, -0.05) is 86.1 Å². The maximum absolute atomic E-state index is 11.5. The fourth-order valence-corrected chi connectivity index (χ4v) is 7.79. The van der Waals surface area contributed by atoms with Crippen molar-refractivity contribution in [2.24, 2.45) is 0 Å². The largest absolute Gasteiger partial charge is 0.478 e. The van der Waals surface area contributed by atoms with Crippen LogP contribution in [0.2, 0.25) is 6.04 Å². The first-order valence-corrected chi connectivity index (χ1v) is 10.4. The average molecular weight is 324 g/mol. The van der Waals surface area contributed by atoms with Crippen LogP contribution in [0.4, 0.5) is 0 Å². The standard InChI is InChI=1S/C20H24O2Si/c1-3-4-15-23(16-17(2)20(21)22,18-11-7-5-8-12-18)19-13-9-6-10-14-19/h5-14,16H,3-4,15H2,1-2H3,(H,21,22). The lowest BCUT2D eigenvalue weighted by Crippen LogP contribution is -2.57. The predicted molar refractivity (Wildman–Crippen MR) is 99.0 cm³/mol. The van der Waals surface area contributed by atoms with Crippen molar-refractivity contribution in [2.75, 3.05) is 0 Å². The van der Waals surface area contributed by atoms with Crippen LogP contribution in [0.1, 0.15) is 26.7 Å². The molecule has 0 spiro atoms. The van der Waals surface area contributed by atoms with Gasteiger partial charge in [0.1, 0.15) is 8.07 Å². The number of unbranched alkanes of at least 4 members (excludes halogenated alkanes) is 1. The Balaban J connectivity index is 2.68. The molecular formula is C20H24O2Si. The minimum Gasteiger partial charge on any atom is -0.478 e. The van der Waals surface area contributed by atoms with E-state index in [2.05, 4.69) is 61.2 Å². The van der Waals surface area contributed by atoms with Crippen LogP contribution in [-0.2, 0) is 4.79 Å². The normalized spacial score (nSPS) is 12.2. The van der Waals surface area contributed by atoms with Gasteiger partial charge in [0.2, 0.25) is 0 Å². The molecule has 0 fully saturated rings. The highest BCUT2D eigenvalue weighted by molar-refractivity contribution is 7.06. The molecule has 2 aromatic carbocycles. The zero-order valence-electron chi connectivity index (χ0n) is 13.8. The number of carboxylic acid groups (broad SMARTS) is 1. The number of carbonyl (C=O) groups is 1. The number of benzene rings is 2. The summed E-state index contributed by atoms with van der Waals surface area (Å²) in [6.07, 6.45) is 2.20. The Morgan fingerprint density at radius 1 is 1.00 bits per heavy atom. The summed E-state index contributed by atoms with van der Waals surface area (Å²) in [5.74, 6) is -0.828. The molecular weight excluding hydrogens is 300 g/mol. The first-order valence-electron chi connectivity index (χ1n) is 8.14. The first-order chi connectivity index (χ1) is 11.1. The monoisotopic (exact) mass is 324 g/mol. The van der Waals surface area contributed by atoms with E-state index in [1.54, 1.807) is 6.92 Å². The van der Waals surface area contributed by atoms with Crippen molar-refractivity contribution >= 4 is 24.4 Å². The van der Waals surface area contributed by atoms with E-state index in [1.807, 2.05) is 12.1 Å². The summed E-state index contributed by atoms with van der Waals surface area (Å²) in [4.78, 5) is 11.5. The highest BCUT2D eigenvalue weighted by Gasteiger charge is 2.35. The molecule has 0 aromatic heterocycles. The lowest BCUT2D eigenvalue weighted by atomic mass is 10.3. The molecule has 0 bridgehead atoms. The average Bonchev–Trinajstić information content (AvgIpc) is 2.60. The minimum atomic E-state index is -2.24. The molecule has 0 heterocycles. The second-order valence-corrected chi connectivity index (χ2v) is 9.83. The van der Waals surface area contributed by atoms with Crippen LogP contribution in [0.5, 0.6) is 0 Å². The summed E-state index contributed by atoms with van der Waals surface area (Å²) in [7, 11) is -2.24. The van der Waals surface area contributed by atoms with Gasteiger partial charge in [-0.25, -0.2) is 4.79 Å². The molecule has 0 atom stereocenters. The number of aliphatic carboxylic acids is 1. The minimum absolute atomic E-state index is 0.445. The van der Waals surface area contributed by atoms with Crippen LogP contribution in [0.15, 0.2) is 71.9 Å². The lowest BCUT2D eigenvalue weighted by molar-refractivity contribution is -0.132. The molecule has 0 radical (unpaired) electrons. The van der Waals surface area contributed by atoms with Gasteiger partial charge in [-0.3, -0.25) is 0 Å². The summed E-state index contributed by atoms with van der Waals surface area (Å²) < 4.78 is 0. The van der Waals surface area contributed by atoms with Gasteiger partial charge < -0.3 is 5.11 Å². The predicted octanol–water partition coefficient (Wildman–Crippen LogP) is 3.62. The fourth-order valence-electron chi connectivity index (χ4n) is 3.05. The van der Waals surface area contributed by atoms with Gasteiger partial charge >= 0.3 is 5.97 Å². The topological polar surface area (TPSA) is 37.3 Å². The van der Waals surface area contributed by atoms with Crippen molar-refractivity contribution in [1.29, 1.82) is 0 Å². The molecule has 1 N–H and O–H groups in total. The maximum Gasteiger partial charge on any atom is 0.330 e. The van der Waals surface area contributed by atoms with Crippen molar-refractivity contribution in [1.82, 2.24) is 0 Å². The molecule has 0 aliphatic carbocycles. The zero-order valence-corrected chi connectivity index (χ0v) is 14.8. The summed E-state index contributed by atoms with van der Waals surface area (Å²) >= 11 is 0. The lowest BCUT2D eigenvalue weighted by Gasteiger charge is -2.30. The molecule has 0 aliphatic rings. The third kappa shape index (κ3) is 3.99. The number of carboxylic acids is 1. The Morgan fingerprint density at radius 2 is 1.48 bits per heavy atom. The second kappa shape index (κ2) is 7.93. The smallest absolute Gasteiger partial charge is 0.330 e. The van der Waals surface area contributed by atoms with Crippen LogP contribution >= 0.6 is 0 Å². The van der Waals surface area contributed by atoms with Crippen molar-refractivity contribution in [3.63, 3.8) is 0 Å². The number of rotatable bonds is 7. The molecule has 2 nitrogen and oxygen atoms in total. The quantitative estimate of drug-likeness (QED) is 0.624. The van der Waals surface area contributed by atoms with Crippen LogP contribution in [-0.4, -0.2) is 19.1 Å². The number of hydrogen-bond donors (Lipinski definition) is 1. The van der Waals surface area contributed by atoms with E-state index in [0.29, 0.717) is 5.57 Å². The molecule has 23 heavy (non-hydrogen) atoms. The van der Waals surface area contributed by atoms with Gasteiger partial charge in [-0.2, -0.15) is 0 Å². The van der Waals surface area contributed by atoms with E-state index < -0.39 is 14.0 Å². The molecule has 2 aromatic rings. The van der Waals surface area contributed by atoms with Gasteiger partial charge in [0.05, 0.1) is 0 Å². The van der Waals surface area contributed by atoms with Gasteiger partial charge in [-0.05, 0) is 23.3 Å². The summed E-state index contributed by atoms with van der Waals surface area (Å²) in [5.41, 5.74) is 2.51. The third-order valence-electron chi connectivity index (χ3n) is 4.30. The summed E-state index contributed by atoms with van der Waals surface area (Å²) in [6.45, 7) is 3.89. The Bertz CT molecular complexity index is 623. The van der Waals surface area contributed by atoms with Crippen molar-refractivity contribution in [3.8, 4) is 0 Å². The van der Waals surface area contributed by atoms with Crippen molar-refractivity contribution in [2.45, 2.75) is 32.7 Å². The van der Waals surface area contributed by atoms with Crippen molar-refractivity contribution in [3.05, 3.63) is 71.9 Å². The van der Waals surface area contributed by atoms with Crippen LogP contribution in [0.3, 0.4) is 0 Å². The van der Waals surface area contributed by atoms with Crippen LogP contribution in [0, 0.1) is 0 Å². The summed E-state index contributed by atoms with van der Waals surface area (Å²) in [6, 6.07) is 21.9. The fraction of sp³-hybridized carbons (Fsp3) is 0.250. The van der Waals surface area contributed by atoms with E-state index in [-0.39, 0.29) is 0 Å². The highest BCUT2D eigenvalue weighted by atomic mass is 28.3. The van der Waals surface area contributed by atoms with Gasteiger partial charge in [-0.15, -0.1) is 0 Å². The van der Waals surface area contributed by atoms with E-state index in [0.717, 1.165) is 18.9 Å². The third-order valence-corrected chi connectivity index (χ3v) is 9.10. The van der Waals surface area contributed by atoms with Gasteiger partial charge in [0.25, 0.3) is 0 Å². The van der Waals surface area contributed by atoms with E-state index in [4.69, 9.17) is 0 Å². The van der Waals surface area contributed by atoms with E-state index in [9.17, 15) is 9.90 Å². The SMILES string of the molecule is CCCC[Si](C=C(C)C(=O)O)(c1ccccc1)c1ccccc1. The van der Waals surface area contributed by atoms with Crippen molar-refractivity contribution < 1.29 is 9.90 Å². The Labute approximate surface area is 139 Å². The van der Waals surface area contributed by atoms with Crippen LogP contribution in [0.25, 0.3) is 0 Å². The Morgan fingerprint density at radius 3 is 1.87 bits per heavy atom. The molecule has 0 unspecified atom stereocenters. The molecule has 0 saturated carbocycles. The van der Waals surface area contributed by atoms with E-state index in [1.165, 1.54) is 10.4 Å². The van der Waals surface area contributed by atoms with Gasteiger partial charge in [0.15, 0.2) is 0 Å². The molecule has 0 aliphatic heterocycles. The van der Waals surface area contributed by atoms with Gasteiger partial charge in [0, 0.05) is 5.57 Å². The molecule has 120 valence electrons. The Hall–Kier alpha value is -2.13. The molecule has 3 heteroatoms.